The minimum Gasteiger partial charge on any atom is -0.459 e. The van der Waals surface area contributed by atoms with Crippen molar-refractivity contribution in [1.82, 2.24) is 9.97 Å². The minimum absolute atomic E-state index is 0.548. The van der Waals surface area contributed by atoms with Crippen molar-refractivity contribution in [2.75, 3.05) is 7.11 Å². The summed E-state index contributed by atoms with van der Waals surface area (Å²) >= 11 is 0. The van der Waals surface area contributed by atoms with Crippen molar-refractivity contribution >= 4 is 17.0 Å². The average Bonchev–Trinajstić information content (AvgIpc) is 2.69. The van der Waals surface area contributed by atoms with Crippen LogP contribution in [0.5, 0.6) is 0 Å². The highest BCUT2D eigenvalue weighted by molar-refractivity contribution is 5.91. The van der Waals surface area contributed by atoms with Crippen molar-refractivity contribution in [3.63, 3.8) is 0 Å². The van der Waals surface area contributed by atoms with Crippen molar-refractivity contribution in [3.05, 3.63) is 30.1 Å². The molecule has 2 heterocycles. The second-order valence-electron chi connectivity index (χ2n) is 2.84. The summed E-state index contributed by atoms with van der Waals surface area (Å²) in [4.78, 5) is 17.9. The molecule has 4 heteroatoms. The molecule has 0 bridgehead atoms. The van der Waals surface area contributed by atoms with Crippen LogP contribution in [0, 0.1) is 11.8 Å². The van der Waals surface area contributed by atoms with Crippen LogP contribution in [0.1, 0.15) is 5.56 Å². The smallest absolute Gasteiger partial charge is 0.384 e. The van der Waals surface area contributed by atoms with Gasteiger partial charge in [0.15, 0.2) is 0 Å². The molecule has 0 saturated heterocycles. The molecule has 0 amide bonds. The number of esters is 1. The van der Waals surface area contributed by atoms with Crippen LogP contribution in [0.4, 0.5) is 0 Å². The Morgan fingerprint density at radius 1 is 1.60 bits per heavy atom. The molecular formula is C11H8N2O2. The predicted molar refractivity (Wildman–Crippen MR) is 55.0 cm³/mol. The van der Waals surface area contributed by atoms with E-state index in [1.807, 2.05) is 12.1 Å². The van der Waals surface area contributed by atoms with E-state index in [2.05, 4.69) is 26.5 Å². The number of carbonyl (C=O) groups excluding carboxylic acids is 1. The SMILES string of the molecule is COC(=O)C#Cc1c[nH]c2ncccc12. The van der Waals surface area contributed by atoms with Crippen LogP contribution in [0.15, 0.2) is 24.5 Å². The van der Waals surface area contributed by atoms with Gasteiger partial charge in [0.2, 0.25) is 0 Å². The van der Waals surface area contributed by atoms with Gasteiger partial charge in [0, 0.05) is 23.7 Å². The maximum Gasteiger partial charge on any atom is 0.384 e. The molecular weight excluding hydrogens is 192 g/mol. The first-order valence-electron chi connectivity index (χ1n) is 4.33. The average molecular weight is 200 g/mol. The molecule has 0 saturated carbocycles. The van der Waals surface area contributed by atoms with E-state index in [9.17, 15) is 4.79 Å². The highest BCUT2D eigenvalue weighted by Gasteiger charge is 2.00. The van der Waals surface area contributed by atoms with Crippen LogP contribution in [-0.2, 0) is 9.53 Å². The fourth-order valence-corrected chi connectivity index (χ4v) is 1.23. The highest BCUT2D eigenvalue weighted by Crippen LogP contribution is 2.13. The second-order valence-corrected chi connectivity index (χ2v) is 2.84. The summed E-state index contributed by atoms with van der Waals surface area (Å²) in [5, 5.41) is 0.897. The van der Waals surface area contributed by atoms with E-state index in [1.165, 1.54) is 7.11 Å². The number of nitrogens with one attached hydrogen (secondary N) is 1. The first kappa shape index (κ1) is 9.28. The lowest BCUT2D eigenvalue weighted by atomic mass is 10.2. The molecule has 74 valence electrons. The molecule has 0 unspecified atom stereocenters. The van der Waals surface area contributed by atoms with Gasteiger partial charge in [-0.1, -0.05) is 5.92 Å². The van der Waals surface area contributed by atoms with E-state index >= 15 is 0 Å². The van der Waals surface area contributed by atoms with Gasteiger partial charge in [0.05, 0.1) is 12.7 Å². The minimum atomic E-state index is -0.548. The van der Waals surface area contributed by atoms with Gasteiger partial charge in [0.25, 0.3) is 0 Å². The maximum absolute atomic E-state index is 10.8. The van der Waals surface area contributed by atoms with Crippen molar-refractivity contribution in [2.45, 2.75) is 0 Å². The number of ether oxygens (including phenoxy) is 1. The summed E-state index contributed by atoms with van der Waals surface area (Å²) in [6.45, 7) is 0. The highest BCUT2D eigenvalue weighted by atomic mass is 16.5. The quantitative estimate of drug-likeness (QED) is 0.511. The Bertz CT molecular complexity index is 560. The molecule has 2 aromatic heterocycles. The van der Waals surface area contributed by atoms with Crippen LogP contribution >= 0.6 is 0 Å². The van der Waals surface area contributed by atoms with E-state index in [4.69, 9.17) is 0 Å². The zero-order chi connectivity index (χ0) is 10.7. The molecule has 0 aliphatic heterocycles. The summed E-state index contributed by atoms with van der Waals surface area (Å²) in [7, 11) is 1.30. The number of pyridine rings is 1. The molecule has 0 aliphatic carbocycles. The molecule has 0 radical (unpaired) electrons. The Balaban J connectivity index is 2.43. The van der Waals surface area contributed by atoms with Crippen molar-refractivity contribution in [3.8, 4) is 11.8 Å². The Morgan fingerprint density at radius 3 is 3.27 bits per heavy atom. The van der Waals surface area contributed by atoms with E-state index < -0.39 is 5.97 Å². The Morgan fingerprint density at radius 2 is 2.47 bits per heavy atom. The van der Waals surface area contributed by atoms with Crippen LogP contribution in [0.2, 0.25) is 0 Å². The van der Waals surface area contributed by atoms with Gasteiger partial charge in [-0.05, 0) is 12.1 Å². The van der Waals surface area contributed by atoms with Crippen LogP contribution < -0.4 is 0 Å². The molecule has 0 spiro atoms. The zero-order valence-corrected chi connectivity index (χ0v) is 8.07. The molecule has 1 N–H and O–H groups in total. The van der Waals surface area contributed by atoms with E-state index in [1.54, 1.807) is 12.4 Å². The van der Waals surface area contributed by atoms with Gasteiger partial charge >= 0.3 is 5.97 Å². The largest absolute Gasteiger partial charge is 0.459 e. The third kappa shape index (κ3) is 1.81. The fraction of sp³-hybridized carbons (Fsp3) is 0.0909. The molecule has 0 atom stereocenters. The third-order valence-electron chi connectivity index (χ3n) is 1.94. The fourth-order valence-electron chi connectivity index (χ4n) is 1.23. The first-order chi connectivity index (χ1) is 7.31. The second kappa shape index (κ2) is 3.84. The molecule has 0 aliphatic rings. The molecule has 4 nitrogen and oxygen atoms in total. The lowest BCUT2D eigenvalue weighted by Crippen LogP contribution is -1.94. The molecule has 15 heavy (non-hydrogen) atoms. The van der Waals surface area contributed by atoms with Crippen LogP contribution in [0.3, 0.4) is 0 Å². The van der Waals surface area contributed by atoms with Crippen LogP contribution in [-0.4, -0.2) is 23.0 Å². The number of hydrogen-bond acceptors (Lipinski definition) is 3. The van der Waals surface area contributed by atoms with Gasteiger partial charge in [-0.2, -0.15) is 0 Å². The Kier molecular flexibility index (Phi) is 2.38. The monoisotopic (exact) mass is 200 g/mol. The summed E-state index contributed by atoms with van der Waals surface area (Å²) in [5.41, 5.74) is 1.50. The topological polar surface area (TPSA) is 55.0 Å². The number of aromatic amines is 1. The number of aromatic nitrogens is 2. The Labute approximate surface area is 86.3 Å². The van der Waals surface area contributed by atoms with Crippen molar-refractivity contribution in [1.29, 1.82) is 0 Å². The number of H-pyrrole nitrogens is 1. The number of rotatable bonds is 0. The van der Waals surface area contributed by atoms with Crippen LogP contribution in [0.25, 0.3) is 11.0 Å². The molecule has 2 aromatic rings. The van der Waals surface area contributed by atoms with Crippen molar-refractivity contribution in [2.24, 2.45) is 0 Å². The summed E-state index contributed by atoms with van der Waals surface area (Å²) < 4.78 is 4.42. The first-order valence-corrected chi connectivity index (χ1v) is 4.33. The van der Waals surface area contributed by atoms with Crippen molar-refractivity contribution < 1.29 is 9.53 Å². The molecule has 0 fully saturated rings. The van der Waals surface area contributed by atoms with E-state index in [-0.39, 0.29) is 0 Å². The third-order valence-corrected chi connectivity index (χ3v) is 1.94. The predicted octanol–water partition coefficient (Wildman–Crippen LogP) is 1.09. The Hall–Kier alpha value is -2.28. The van der Waals surface area contributed by atoms with E-state index in [0.29, 0.717) is 0 Å². The lowest BCUT2D eigenvalue weighted by Gasteiger charge is -1.87. The van der Waals surface area contributed by atoms with E-state index in [0.717, 1.165) is 16.6 Å². The standard InChI is InChI=1S/C11H8N2O2/c1-15-10(14)5-4-8-7-13-11-9(8)3-2-6-12-11/h2-3,6-7H,1H3,(H,12,13). The number of fused-ring (bicyclic) bond motifs is 1. The number of carbonyl (C=O) groups is 1. The summed E-state index contributed by atoms with van der Waals surface area (Å²) in [5.74, 6) is 4.54. The van der Waals surface area contributed by atoms with Gasteiger partial charge in [-0.15, -0.1) is 0 Å². The lowest BCUT2D eigenvalue weighted by molar-refractivity contribution is -0.133. The maximum atomic E-state index is 10.8. The number of methoxy groups -OCH3 is 1. The summed E-state index contributed by atoms with van der Waals surface area (Å²) in [6.07, 6.45) is 3.41. The number of nitrogens with zero attached hydrogens (tertiary/aromatic N) is 1. The van der Waals surface area contributed by atoms with Gasteiger partial charge < -0.3 is 9.72 Å². The molecule has 2 rings (SSSR count). The number of hydrogen-bond donors (Lipinski definition) is 1. The van der Waals surface area contributed by atoms with Gasteiger partial charge in [0.1, 0.15) is 5.65 Å². The normalized spacial score (nSPS) is 9.40. The van der Waals surface area contributed by atoms with Gasteiger partial charge in [-0.25, -0.2) is 9.78 Å². The summed E-state index contributed by atoms with van der Waals surface area (Å²) in [6, 6.07) is 3.71. The zero-order valence-electron chi connectivity index (χ0n) is 8.07. The van der Waals surface area contributed by atoms with Gasteiger partial charge in [-0.3, -0.25) is 0 Å². The molecule has 0 aromatic carbocycles.